The van der Waals surface area contributed by atoms with E-state index in [0.717, 1.165) is 6.07 Å². The van der Waals surface area contributed by atoms with Crippen molar-refractivity contribution in [3.8, 4) is 0 Å². The van der Waals surface area contributed by atoms with Crippen LogP contribution in [0.25, 0.3) is 0 Å². The maximum atomic E-state index is 11.8. The van der Waals surface area contributed by atoms with Gasteiger partial charge in [0.25, 0.3) is 11.6 Å². The zero-order chi connectivity index (χ0) is 13.0. The van der Waals surface area contributed by atoms with E-state index in [4.69, 9.17) is 0 Å². The van der Waals surface area contributed by atoms with Gasteiger partial charge >= 0.3 is 0 Å². The molecule has 0 bridgehead atoms. The Hall–Kier alpha value is -2.76. The van der Waals surface area contributed by atoms with Crippen molar-refractivity contribution in [1.29, 1.82) is 0 Å². The lowest BCUT2D eigenvalue weighted by Gasteiger charge is -2.03. The van der Waals surface area contributed by atoms with Crippen LogP contribution in [0, 0.1) is 10.1 Å². The molecule has 0 atom stereocenters. The molecule has 1 amide bonds. The molecule has 1 N–H and O–H groups in total. The Bertz CT molecular complexity index is 584. The number of pyridine rings is 1. The van der Waals surface area contributed by atoms with Crippen LogP contribution in [0.1, 0.15) is 10.5 Å². The minimum atomic E-state index is -0.568. The van der Waals surface area contributed by atoms with Crippen molar-refractivity contribution in [1.82, 2.24) is 4.98 Å². The summed E-state index contributed by atoms with van der Waals surface area (Å²) in [6, 6.07) is 11.2. The summed E-state index contributed by atoms with van der Waals surface area (Å²) in [6.07, 6.45) is 1.23. The van der Waals surface area contributed by atoms with Crippen molar-refractivity contribution in [2.45, 2.75) is 0 Å². The van der Waals surface area contributed by atoms with Gasteiger partial charge in [-0.2, -0.15) is 0 Å². The van der Waals surface area contributed by atoms with Crippen molar-refractivity contribution in [3.05, 3.63) is 64.5 Å². The second-order valence-corrected chi connectivity index (χ2v) is 3.48. The summed E-state index contributed by atoms with van der Waals surface area (Å²) in [5, 5.41) is 13.2. The Morgan fingerprint density at radius 3 is 2.61 bits per heavy atom. The summed E-state index contributed by atoms with van der Waals surface area (Å²) >= 11 is 0. The van der Waals surface area contributed by atoms with Gasteiger partial charge in [-0.25, -0.2) is 0 Å². The molecule has 0 fully saturated rings. The standard InChI is InChI=1S/C12H9N3O3/c16-12(14-9-4-2-1-3-5-9)11-8-10(15(17)18)6-7-13-11/h1-8H,(H,14,16). The molecule has 0 aliphatic carbocycles. The third-order valence-electron chi connectivity index (χ3n) is 2.22. The second-order valence-electron chi connectivity index (χ2n) is 3.48. The number of nitrogens with one attached hydrogen (secondary N) is 1. The molecule has 90 valence electrons. The van der Waals surface area contributed by atoms with Crippen LogP contribution in [-0.4, -0.2) is 15.8 Å². The van der Waals surface area contributed by atoms with E-state index in [0.29, 0.717) is 5.69 Å². The van der Waals surface area contributed by atoms with Crippen LogP contribution >= 0.6 is 0 Å². The van der Waals surface area contributed by atoms with Crippen LogP contribution in [-0.2, 0) is 0 Å². The van der Waals surface area contributed by atoms with Gasteiger partial charge in [-0.1, -0.05) is 18.2 Å². The number of carbonyl (C=O) groups excluding carboxylic acids is 1. The highest BCUT2D eigenvalue weighted by Gasteiger charge is 2.12. The predicted octanol–water partition coefficient (Wildman–Crippen LogP) is 2.24. The number of anilines is 1. The Kier molecular flexibility index (Phi) is 3.29. The maximum absolute atomic E-state index is 11.8. The fourth-order valence-corrected chi connectivity index (χ4v) is 1.37. The van der Waals surface area contributed by atoms with Gasteiger partial charge in [-0.05, 0) is 12.1 Å². The maximum Gasteiger partial charge on any atom is 0.274 e. The Morgan fingerprint density at radius 2 is 1.94 bits per heavy atom. The normalized spacial score (nSPS) is 9.78. The molecule has 0 saturated heterocycles. The van der Waals surface area contributed by atoms with Gasteiger partial charge in [0, 0.05) is 24.0 Å². The van der Waals surface area contributed by atoms with Crippen LogP contribution < -0.4 is 5.32 Å². The minimum Gasteiger partial charge on any atom is -0.321 e. The number of rotatable bonds is 3. The molecule has 0 aliphatic rings. The van der Waals surface area contributed by atoms with Gasteiger partial charge in [0.1, 0.15) is 5.69 Å². The number of hydrogen-bond donors (Lipinski definition) is 1. The van der Waals surface area contributed by atoms with Gasteiger partial charge in [0.05, 0.1) is 4.92 Å². The quantitative estimate of drug-likeness (QED) is 0.661. The smallest absolute Gasteiger partial charge is 0.274 e. The summed E-state index contributed by atoms with van der Waals surface area (Å²) < 4.78 is 0. The van der Waals surface area contributed by atoms with Gasteiger partial charge in [0.15, 0.2) is 0 Å². The number of aromatic nitrogens is 1. The summed E-state index contributed by atoms with van der Waals surface area (Å²) in [5.41, 5.74) is 0.451. The lowest BCUT2D eigenvalue weighted by atomic mass is 10.3. The highest BCUT2D eigenvalue weighted by molar-refractivity contribution is 6.03. The third kappa shape index (κ3) is 2.67. The molecular formula is C12H9N3O3. The first-order chi connectivity index (χ1) is 8.66. The van der Waals surface area contributed by atoms with Crippen molar-refractivity contribution >= 4 is 17.3 Å². The van der Waals surface area contributed by atoms with E-state index in [-0.39, 0.29) is 11.4 Å². The molecule has 0 aliphatic heterocycles. The largest absolute Gasteiger partial charge is 0.321 e. The lowest BCUT2D eigenvalue weighted by Crippen LogP contribution is -2.13. The summed E-state index contributed by atoms with van der Waals surface area (Å²) in [4.78, 5) is 25.6. The SMILES string of the molecule is O=C(Nc1ccccc1)c1cc([N+](=O)[O-])ccn1. The number of carbonyl (C=O) groups is 1. The molecule has 0 radical (unpaired) electrons. The van der Waals surface area contributed by atoms with Gasteiger partial charge in [0.2, 0.25) is 0 Å². The van der Waals surface area contributed by atoms with Crippen LogP contribution in [0.2, 0.25) is 0 Å². The zero-order valence-electron chi connectivity index (χ0n) is 9.24. The highest BCUT2D eigenvalue weighted by atomic mass is 16.6. The van der Waals surface area contributed by atoms with E-state index in [1.807, 2.05) is 6.07 Å². The molecule has 1 aromatic heterocycles. The fraction of sp³-hybridized carbons (Fsp3) is 0. The molecule has 2 aromatic rings. The molecule has 1 aromatic carbocycles. The lowest BCUT2D eigenvalue weighted by molar-refractivity contribution is -0.385. The van der Waals surface area contributed by atoms with Crippen molar-refractivity contribution < 1.29 is 9.72 Å². The van der Waals surface area contributed by atoms with Crippen molar-refractivity contribution in [3.63, 3.8) is 0 Å². The number of amides is 1. The molecule has 6 nitrogen and oxygen atoms in total. The van der Waals surface area contributed by atoms with E-state index in [1.165, 1.54) is 12.3 Å². The number of benzene rings is 1. The fourth-order valence-electron chi connectivity index (χ4n) is 1.37. The Balaban J connectivity index is 2.19. The Labute approximate surface area is 102 Å². The number of nitro groups is 1. The van der Waals surface area contributed by atoms with Gasteiger partial charge in [-0.3, -0.25) is 19.9 Å². The van der Waals surface area contributed by atoms with E-state index >= 15 is 0 Å². The molecule has 1 heterocycles. The zero-order valence-corrected chi connectivity index (χ0v) is 9.24. The van der Waals surface area contributed by atoms with Crippen LogP contribution in [0.3, 0.4) is 0 Å². The van der Waals surface area contributed by atoms with Gasteiger partial charge in [-0.15, -0.1) is 0 Å². The van der Waals surface area contributed by atoms with Crippen LogP contribution in [0.4, 0.5) is 11.4 Å². The van der Waals surface area contributed by atoms with Crippen LogP contribution in [0.15, 0.2) is 48.7 Å². The third-order valence-corrected chi connectivity index (χ3v) is 2.22. The monoisotopic (exact) mass is 243 g/mol. The first kappa shape index (κ1) is 11.7. The average Bonchev–Trinajstić information content (AvgIpc) is 2.40. The number of para-hydroxylation sites is 1. The predicted molar refractivity (Wildman–Crippen MR) is 65.3 cm³/mol. The molecular weight excluding hydrogens is 234 g/mol. The second kappa shape index (κ2) is 5.05. The Morgan fingerprint density at radius 1 is 1.22 bits per heavy atom. The first-order valence-corrected chi connectivity index (χ1v) is 5.13. The van der Waals surface area contributed by atoms with E-state index < -0.39 is 10.8 Å². The summed E-state index contributed by atoms with van der Waals surface area (Å²) in [7, 11) is 0. The van der Waals surface area contributed by atoms with Gasteiger partial charge < -0.3 is 5.32 Å². The summed E-state index contributed by atoms with van der Waals surface area (Å²) in [6.45, 7) is 0. The van der Waals surface area contributed by atoms with E-state index in [2.05, 4.69) is 10.3 Å². The topological polar surface area (TPSA) is 85.1 Å². The van der Waals surface area contributed by atoms with E-state index in [9.17, 15) is 14.9 Å². The molecule has 6 heteroatoms. The van der Waals surface area contributed by atoms with Crippen molar-refractivity contribution in [2.24, 2.45) is 0 Å². The number of nitrogens with zero attached hydrogens (tertiary/aromatic N) is 2. The first-order valence-electron chi connectivity index (χ1n) is 5.13. The van der Waals surface area contributed by atoms with Crippen molar-refractivity contribution in [2.75, 3.05) is 5.32 Å². The molecule has 18 heavy (non-hydrogen) atoms. The number of hydrogen-bond acceptors (Lipinski definition) is 4. The molecule has 0 saturated carbocycles. The average molecular weight is 243 g/mol. The van der Waals surface area contributed by atoms with Crippen LogP contribution in [0.5, 0.6) is 0 Å². The molecule has 2 rings (SSSR count). The molecule has 0 spiro atoms. The minimum absolute atomic E-state index is 0.00746. The molecule has 0 unspecified atom stereocenters. The highest BCUT2D eigenvalue weighted by Crippen LogP contribution is 2.12. The van der Waals surface area contributed by atoms with E-state index in [1.54, 1.807) is 24.3 Å². The summed E-state index contributed by atoms with van der Waals surface area (Å²) in [5.74, 6) is -0.482.